The first-order valence-electron chi connectivity index (χ1n) is 11.6. The van der Waals surface area contributed by atoms with Crippen molar-refractivity contribution in [3.8, 4) is 0 Å². The normalized spacial score (nSPS) is 15.4. The molecule has 0 fully saturated rings. The van der Waals surface area contributed by atoms with Crippen molar-refractivity contribution in [2.24, 2.45) is 11.7 Å². The fourth-order valence-electron chi connectivity index (χ4n) is 3.36. The second kappa shape index (κ2) is 15.4. The zero-order valence-electron chi connectivity index (χ0n) is 20.7. The van der Waals surface area contributed by atoms with Crippen LogP contribution in [0.4, 0.5) is 0 Å². The van der Waals surface area contributed by atoms with E-state index >= 15 is 0 Å². The molecule has 1 rings (SSSR count). The zero-order valence-corrected chi connectivity index (χ0v) is 21.5. The van der Waals surface area contributed by atoms with Gasteiger partial charge in [-0.2, -0.15) is 11.8 Å². The number of aliphatic hydroxyl groups is 1. The molecule has 0 aromatic heterocycles. The summed E-state index contributed by atoms with van der Waals surface area (Å²) in [6.07, 6.45) is 1.40. The van der Waals surface area contributed by atoms with Crippen LogP contribution in [0.25, 0.3) is 0 Å². The Morgan fingerprint density at radius 1 is 0.943 bits per heavy atom. The molecule has 35 heavy (non-hydrogen) atoms. The molecule has 5 unspecified atom stereocenters. The highest BCUT2D eigenvalue weighted by Gasteiger charge is 2.32. The Kier molecular flexibility index (Phi) is 13.4. The van der Waals surface area contributed by atoms with E-state index in [-0.39, 0.29) is 12.3 Å². The summed E-state index contributed by atoms with van der Waals surface area (Å²) in [4.78, 5) is 50.0. The van der Waals surface area contributed by atoms with Gasteiger partial charge in [0.15, 0.2) is 6.04 Å². The van der Waals surface area contributed by atoms with Crippen LogP contribution >= 0.6 is 11.8 Å². The summed E-state index contributed by atoms with van der Waals surface area (Å²) in [6.45, 7) is 4.96. The van der Waals surface area contributed by atoms with Gasteiger partial charge >= 0.3 is 5.97 Å². The van der Waals surface area contributed by atoms with Gasteiger partial charge in [-0.3, -0.25) is 14.4 Å². The van der Waals surface area contributed by atoms with Crippen molar-refractivity contribution in [3.63, 3.8) is 0 Å². The fraction of sp³-hybridized carbons (Fsp3) is 0.583. The summed E-state index contributed by atoms with van der Waals surface area (Å²) in [5.74, 6) is -2.59. The third kappa shape index (κ3) is 11.1. The summed E-state index contributed by atoms with van der Waals surface area (Å²) in [6, 6.07) is 4.93. The third-order valence-electron chi connectivity index (χ3n) is 5.27. The van der Waals surface area contributed by atoms with Gasteiger partial charge in [-0.1, -0.05) is 44.2 Å². The maximum absolute atomic E-state index is 13.1. The van der Waals surface area contributed by atoms with Gasteiger partial charge in [-0.25, -0.2) is 4.79 Å². The van der Waals surface area contributed by atoms with Crippen molar-refractivity contribution in [2.75, 3.05) is 12.0 Å². The average molecular weight is 511 g/mol. The quantitative estimate of drug-likeness (QED) is 0.195. The minimum atomic E-state index is -1.52. The molecule has 0 heterocycles. The number of amides is 3. The second-order valence-corrected chi connectivity index (χ2v) is 9.88. The van der Waals surface area contributed by atoms with E-state index in [4.69, 9.17) is 5.73 Å². The zero-order chi connectivity index (χ0) is 26.5. The number of nitrogens with two attached hydrogens (primary N) is 1. The lowest BCUT2D eigenvalue weighted by Gasteiger charge is -2.26. The molecule has 0 saturated carbocycles. The maximum atomic E-state index is 13.1. The topological polar surface area (TPSA) is 171 Å². The van der Waals surface area contributed by atoms with E-state index in [2.05, 4.69) is 16.0 Å². The molecule has 0 aliphatic rings. The highest BCUT2D eigenvalue weighted by Crippen LogP contribution is 2.09. The number of thioether (sulfide) groups is 1. The maximum Gasteiger partial charge on any atom is 0.328 e. The largest absolute Gasteiger partial charge is 0.480 e. The number of carbonyl (C=O) groups excluding carboxylic acids is 3. The molecule has 0 aliphatic carbocycles. The van der Waals surface area contributed by atoms with Gasteiger partial charge in [0.2, 0.25) is 17.7 Å². The number of nitrogens with one attached hydrogen (secondary N) is 3. The third-order valence-corrected chi connectivity index (χ3v) is 5.91. The Labute approximate surface area is 210 Å². The fourth-order valence-corrected chi connectivity index (χ4v) is 3.83. The molecule has 196 valence electrons. The van der Waals surface area contributed by atoms with E-state index in [0.717, 1.165) is 5.56 Å². The van der Waals surface area contributed by atoms with Gasteiger partial charge in [0, 0.05) is 0 Å². The number of benzene rings is 1. The minimum Gasteiger partial charge on any atom is -0.480 e. The molecule has 7 N–H and O–H groups in total. The predicted octanol–water partition coefficient (Wildman–Crippen LogP) is 0.275. The number of aliphatic hydroxyl groups excluding tert-OH is 1. The molecule has 3 amide bonds. The number of rotatable bonds is 15. The number of aliphatic carboxylic acids is 1. The van der Waals surface area contributed by atoms with E-state index in [1.165, 1.54) is 18.7 Å². The summed E-state index contributed by atoms with van der Waals surface area (Å²) in [7, 11) is 0. The van der Waals surface area contributed by atoms with Crippen LogP contribution in [0.2, 0.25) is 0 Å². The van der Waals surface area contributed by atoms with Crippen LogP contribution in [0.15, 0.2) is 30.3 Å². The van der Waals surface area contributed by atoms with Crippen LogP contribution < -0.4 is 21.7 Å². The standard InChI is InChI=1S/C24H38N4O6S/c1-14(2)12-19(23(32)28-20(15(3)29)24(33)34)27-22(31)18(10-11-35-4)26-21(30)17(25)13-16-8-6-5-7-9-16/h5-9,14-15,17-20,29H,10-13,25H2,1-4H3,(H,26,30)(H,27,31)(H,28,32)(H,33,34). The first-order valence-corrected chi connectivity index (χ1v) is 13.0. The number of carbonyl (C=O) groups is 4. The minimum absolute atomic E-state index is 0.000545. The molecule has 0 radical (unpaired) electrons. The van der Waals surface area contributed by atoms with Crippen molar-refractivity contribution in [2.45, 2.75) is 70.3 Å². The van der Waals surface area contributed by atoms with Crippen LogP contribution in [0.3, 0.4) is 0 Å². The lowest BCUT2D eigenvalue weighted by molar-refractivity contribution is -0.145. The Bertz CT molecular complexity index is 837. The summed E-state index contributed by atoms with van der Waals surface area (Å²) < 4.78 is 0. The van der Waals surface area contributed by atoms with E-state index in [1.54, 1.807) is 0 Å². The van der Waals surface area contributed by atoms with Crippen molar-refractivity contribution in [1.82, 2.24) is 16.0 Å². The number of hydrogen-bond donors (Lipinski definition) is 6. The molecule has 0 spiro atoms. The van der Waals surface area contributed by atoms with E-state index in [0.29, 0.717) is 18.6 Å². The molecule has 0 saturated heterocycles. The van der Waals surface area contributed by atoms with Gasteiger partial charge in [0.25, 0.3) is 0 Å². The first-order chi connectivity index (χ1) is 16.5. The van der Waals surface area contributed by atoms with Crippen molar-refractivity contribution in [1.29, 1.82) is 0 Å². The smallest absolute Gasteiger partial charge is 0.328 e. The van der Waals surface area contributed by atoms with E-state index in [1.807, 2.05) is 50.4 Å². The molecule has 1 aromatic rings. The number of hydrogen-bond acceptors (Lipinski definition) is 7. The Morgan fingerprint density at radius 3 is 2.03 bits per heavy atom. The van der Waals surface area contributed by atoms with Crippen LogP contribution in [0, 0.1) is 5.92 Å². The monoisotopic (exact) mass is 510 g/mol. The van der Waals surface area contributed by atoms with Gasteiger partial charge in [0.1, 0.15) is 12.1 Å². The lowest BCUT2D eigenvalue weighted by atomic mass is 10.0. The van der Waals surface area contributed by atoms with Gasteiger partial charge in [-0.15, -0.1) is 0 Å². The highest BCUT2D eigenvalue weighted by atomic mass is 32.2. The van der Waals surface area contributed by atoms with Gasteiger partial charge in [-0.05, 0) is 49.7 Å². The number of carboxylic acids is 1. The Morgan fingerprint density at radius 2 is 1.51 bits per heavy atom. The molecule has 10 nitrogen and oxygen atoms in total. The average Bonchev–Trinajstić information content (AvgIpc) is 2.79. The van der Waals surface area contributed by atoms with Crippen LogP contribution in [0.5, 0.6) is 0 Å². The van der Waals surface area contributed by atoms with Crippen LogP contribution in [-0.2, 0) is 25.6 Å². The summed E-state index contributed by atoms with van der Waals surface area (Å²) in [5, 5.41) is 26.5. The highest BCUT2D eigenvalue weighted by molar-refractivity contribution is 7.98. The molecule has 5 atom stereocenters. The summed E-state index contributed by atoms with van der Waals surface area (Å²) in [5.41, 5.74) is 6.95. The van der Waals surface area contributed by atoms with E-state index < -0.39 is 54.0 Å². The van der Waals surface area contributed by atoms with Gasteiger partial charge in [0.05, 0.1) is 12.1 Å². The molecular weight excluding hydrogens is 472 g/mol. The van der Waals surface area contributed by atoms with Crippen molar-refractivity contribution < 1.29 is 29.4 Å². The lowest BCUT2D eigenvalue weighted by Crippen LogP contribution is -2.58. The predicted molar refractivity (Wildman–Crippen MR) is 136 cm³/mol. The Hall–Kier alpha value is -2.63. The second-order valence-electron chi connectivity index (χ2n) is 8.89. The van der Waals surface area contributed by atoms with E-state index in [9.17, 15) is 29.4 Å². The molecule has 1 aromatic carbocycles. The van der Waals surface area contributed by atoms with Crippen molar-refractivity contribution in [3.05, 3.63) is 35.9 Å². The molecule has 0 bridgehead atoms. The van der Waals surface area contributed by atoms with Gasteiger partial charge < -0.3 is 31.9 Å². The van der Waals surface area contributed by atoms with Crippen LogP contribution in [0.1, 0.15) is 39.2 Å². The molecule has 0 aliphatic heterocycles. The Balaban J connectivity index is 2.93. The number of carboxylic acid groups (broad SMARTS) is 1. The molecular formula is C24H38N4O6S. The van der Waals surface area contributed by atoms with Crippen molar-refractivity contribution >= 4 is 35.5 Å². The molecule has 11 heteroatoms. The summed E-state index contributed by atoms with van der Waals surface area (Å²) >= 11 is 1.50. The van der Waals surface area contributed by atoms with Crippen LogP contribution in [-0.4, -0.2) is 76.2 Å². The first kappa shape index (κ1) is 30.4. The SMILES string of the molecule is CSCCC(NC(=O)C(N)Cc1ccccc1)C(=O)NC(CC(C)C)C(=O)NC(C(=O)O)C(C)O.